The second-order valence-corrected chi connectivity index (χ2v) is 2.98. The third-order valence-electron chi connectivity index (χ3n) is 2.09. The highest BCUT2D eigenvalue weighted by atomic mass is 16.5. The maximum Gasteiger partial charge on any atom is 0.341 e. The van der Waals surface area contributed by atoms with Gasteiger partial charge in [-0.2, -0.15) is 0 Å². The largest absolute Gasteiger partial charge is 0.462 e. The molecule has 0 fully saturated rings. The van der Waals surface area contributed by atoms with E-state index >= 15 is 0 Å². The average molecular weight is 206 g/mol. The van der Waals surface area contributed by atoms with Crippen molar-refractivity contribution in [2.45, 2.75) is 13.8 Å². The van der Waals surface area contributed by atoms with E-state index in [1.165, 1.54) is 12.5 Å². The average Bonchev–Trinajstić information content (AvgIpc) is 2.67. The van der Waals surface area contributed by atoms with Gasteiger partial charge in [0.2, 0.25) is 0 Å². The zero-order chi connectivity index (χ0) is 10.8. The van der Waals surface area contributed by atoms with E-state index < -0.39 is 0 Å². The number of fused-ring (bicyclic) bond motifs is 1. The Balaban J connectivity index is 2.52. The minimum absolute atomic E-state index is 0.346. The number of esters is 1. The van der Waals surface area contributed by atoms with E-state index in [0.717, 1.165) is 5.69 Å². The van der Waals surface area contributed by atoms with Crippen LogP contribution in [0, 0.1) is 6.92 Å². The Morgan fingerprint density at radius 1 is 1.60 bits per heavy atom. The van der Waals surface area contributed by atoms with Crippen molar-refractivity contribution in [1.29, 1.82) is 0 Å². The van der Waals surface area contributed by atoms with Crippen LogP contribution in [-0.2, 0) is 4.74 Å². The Labute approximate surface area is 85.9 Å². The number of rotatable bonds is 2. The lowest BCUT2D eigenvalue weighted by atomic mass is 10.2. The summed E-state index contributed by atoms with van der Waals surface area (Å²) in [5.41, 5.74) is 1.16. The molecule has 0 saturated carbocycles. The van der Waals surface area contributed by atoms with Crippen LogP contribution in [0.3, 0.4) is 0 Å². The van der Waals surface area contributed by atoms with Gasteiger partial charge in [0.05, 0.1) is 12.2 Å². The summed E-state index contributed by atoms with van der Waals surface area (Å²) >= 11 is 0. The number of ether oxygens (including phenoxy) is 1. The van der Waals surface area contributed by atoms with Gasteiger partial charge in [0, 0.05) is 11.9 Å². The Bertz CT molecular complexity index is 506. The molecule has 78 valence electrons. The van der Waals surface area contributed by atoms with Crippen molar-refractivity contribution < 1.29 is 9.53 Å². The first-order valence-corrected chi connectivity index (χ1v) is 4.56. The van der Waals surface area contributed by atoms with Crippen LogP contribution in [0.2, 0.25) is 0 Å². The van der Waals surface area contributed by atoms with Crippen LogP contribution in [0.4, 0.5) is 0 Å². The van der Waals surface area contributed by atoms with Gasteiger partial charge >= 0.3 is 5.97 Å². The maximum atomic E-state index is 11.5. The molecule has 0 atom stereocenters. The van der Waals surface area contributed by atoms with Crippen LogP contribution in [0.15, 0.2) is 12.5 Å². The fourth-order valence-electron chi connectivity index (χ4n) is 1.31. The van der Waals surface area contributed by atoms with Crippen LogP contribution in [0.25, 0.3) is 5.78 Å². The molecule has 0 bridgehead atoms. The van der Waals surface area contributed by atoms with Crippen molar-refractivity contribution in [3.8, 4) is 0 Å². The third-order valence-corrected chi connectivity index (χ3v) is 2.09. The molecule has 0 aliphatic rings. The fourth-order valence-corrected chi connectivity index (χ4v) is 1.31. The number of hydrogen-bond donors (Lipinski definition) is 0. The number of carbonyl (C=O) groups is 1. The van der Waals surface area contributed by atoms with Gasteiger partial charge in [0.1, 0.15) is 6.33 Å². The monoisotopic (exact) mass is 206 g/mol. The van der Waals surface area contributed by atoms with E-state index in [9.17, 15) is 4.79 Å². The van der Waals surface area contributed by atoms with Crippen molar-refractivity contribution in [2.24, 2.45) is 0 Å². The molecule has 2 aromatic heterocycles. The zero-order valence-electron chi connectivity index (χ0n) is 8.47. The highest BCUT2D eigenvalue weighted by molar-refractivity contribution is 5.90. The Kier molecular flexibility index (Phi) is 2.32. The highest BCUT2D eigenvalue weighted by Crippen LogP contribution is 2.09. The maximum absolute atomic E-state index is 11.5. The van der Waals surface area contributed by atoms with E-state index in [1.807, 2.05) is 0 Å². The van der Waals surface area contributed by atoms with E-state index in [2.05, 4.69) is 15.2 Å². The molecule has 0 saturated heterocycles. The van der Waals surface area contributed by atoms with Crippen LogP contribution in [-0.4, -0.2) is 32.2 Å². The van der Waals surface area contributed by atoms with Crippen molar-refractivity contribution in [2.75, 3.05) is 6.61 Å². The lowest BCUT2D eigenvalue weighted by molar-refractivity contribution is 0.0524. The molecule has 0 unspecified atom stereocenters. The summed E-state index contributed by atoms with van der Waals surface area (Å²) in [6.45, 7) is 3.90. The Morgan fingerprint density at radius 2 is 2.40 bits per heavy atom. The molecule has 0 spiro atoms. The summed E-state index contributed by atoms with van der Waals surface area (Å²) in [5, 5.41) is 7.48. The first-order chi connectivity index (χ1) is 7.24. The summed E-state index contributed by atoms with van der Waals surface area (Å²) in [4.78, 5) is 15.5. The molecule has 0 aromatic carbocycles. The molecule has 15 heavy (non-hydrogen) atoms. The Hall–Kier alpha value is -1.98. The number of carbonyl (C=O) groups excluding carboxylic acids is 1. The van der Waals surface area contributed by atoms with Gasteiger partial charge in [-0.3, -0.25) is 4.40 Å². The summed E-state index contributed by atoms with van der Waals surface area (Å²) in [7, 11) is 0. The van der Waals surface area contributed by atoms with Gasteiger partial charge in [0.25, 0.3) is 5.78 Å². The second kappa shape index (κ2) is 3.64. The summed E-state index contributed by atoms with van der Waals surface area (Å²) in [6.07, 6.45) is 2.97. The molecule has 6 heteroatoms. The molecule has 2 rings (SSSR count). The molecule has 0 amide bonds. The predicted octanol–water partition coefficient (Wildman–Crippen LogP) is 0.609. The van der Waals surface area contributed by atoms with Gasteiger partial charge in [-0.25, -0.2) is 9.78 Å². The normalized spacial score (nSPS) is 10.5. The summed E-state index contributed by atoms with van der Waals surface area (Å²) in [6, 6.07) is 0. The van der Waals surface area contributed by atoms with Gasteiger partial charge in [-0.1, -0.05) is 0 Å². The molecule has 2 aromatic rings. The molecular formula is C9H10N4O2. The molecule has 0 aliphatic carbocycles. The summed E-state index contributed by atoms with van der Waals surface area (Å²) < 4.78 is 6.55. The van der Waals surface area contributed by atoms with E-state index in [-0.39, 0.29) is 5.97 Å². The number of aryl methyl sites for hydroxylation is 1. The molecule has 6 nitrogen and oxygen atoms in total. The standard InChI is InChI=1S/C9H10N4O2/c1-3-15-8(14)7-4-10-9-12-11-5-13(9)6(7)2/h4-5H,3H2,1-2H3. The zero-order valence-corrected chi connectivity index (χ0v) is 8.47. The van der Waals surface area contributed by atoms with Crippen LogP contribution < -0.4 is 0 Å². The lowest BCUT2D eigenvalue weighted by Gasteiger charge is -2.05. The lowest BCUT2D eigenvalue weighted by Crippen LogP contribution is -2.10. The van der Waals surface area contributed by atoms with Crippen LogP contribution >= 0.6 is 0 Å². The molecule has 0 N–H and O–H groups in total. The van der Waals surface area contributed by atoms with Crippen LogP contribution in [0.1, 0.15) is 23.0 Å². The van der Waals surface area contributed by atoms with Gasteiger partial charge in [-0.05, 0) is 13.8 Å². The van der Waals surface area contributed by atoms with E-state index in [1.54, 1.807) is 18.2 Å². The highest BCUT2D eigenvalue weighted by Gasteiger charge is 2.13. The number of hydrogen-bond acceptors (Lipinski definition) is 5. The summed E-state index contributed by atoms with van der Waals surface area (Å²) in [5.74, 6) is 0.0960. The minimum atomic E-state index is -0.377. The molecule has 2 heterocycles. The first-order valence-electron chi connectivity index (χ1n) is 4.56. The van der Waals surface area contributed by atoms with Crippen molar-refractivity contribution in [3.63, 3.8) is 0 Å². The van der Waals surface area contributed by atoms with Crippen molar-refractivity contribution in [1.82, 2.24) is 19.6 Å². The number of aromatic nitrogens is 4. The van der Waals surface area contributed by atoms with Crippen molar-refractivity contribution >= 4 is 11.7 Å². The first kappa shape index (κ1) is 9.57. The third kappa shape index (κ3) is 1.54. The predicted molar refractivity (Wildman–Crippen MR) is 51.5 cm³/mol. The number of nitrogens with zero attached hydrogens (tertiary/aromatic N) is 4. The molecule has 0 radical (unpaired) electrons. The Morgan fingerprint density at radius 3 is 3.13 bits per heavy atom. The van der Waals surface area contributed by atoms with Crippen LogP contribution in [0.5, 0.6) is 0 Å². The SMILES string of the molecule is CCOC(=O)c1cnc2nncn2c1C. The molecule has 0 aliphatic heterocycles. The van der Waals surface area contributed by atoms with E-state index in [0.29, 0.717) is 17.9 Å². The quantitative estimate of drug-likeness (QED) is 0.673. The molecular weight excluding hydrogens is 196 g/mol. The van der Waals surface area contributed by atoms with Gasteiger partial charge in [0.15, 0.2) is 0 Å². The topological polar surface area (TPSA) is 69.4 Å². The fraction of sp³-hybridized carbons (Fsp3) is 0.333. The van der Waals surface area contributed by atoms with Crippen molar-refractivity contribution in [3.05, 3.63) is 23.8 Å². The smallest absolute Gasteiger partial charge is 0.341 e. The van der Waals surface area contributed by atoms with Gasteiger partial charge in [-0.15, -0.1) is 10.2 Å². The minimum Gasteiger partial charge on any atom is -0.462 e. The van der Waals surface area contributed by atoms with Gasteiger partial charge < -0.3 is 4.74 Å². The van der Waals surface area contributed by atoms with E-state index in [4.69, 9.17) is 4.74 Å². The second-order valence-electron chi connectivity index (χ2n) is 2.98.